The molecule has 3 rings (SSSR count). The Balaban J connectivity index is 1.55. The third kappa shape index (κ3) is 4.25. The van der Waals surface area contributed by atoms with E-state index in [9.17, 15) is 14.7 Å². The number of amides is 2. The maximum absolute atomic E-state index is 12.5. The lowest BCUT2D eigenvalue weighted by Crippen LogP contribution is -2.55. The molecule has 8 heteroatoms. The van der Waals surface area contributed by atoms with Crippen molar-refractivity contribution in [3.63, 3.8) is 0 Å². The number of aliphatic hydroxyl groups is 1. The van der Waals surface area contributed by atoms with Crippen LogP contribution in [0.15, 0.2) is 24.4 Å². The quantitative estimate of drug-likeness (QED) is 0.835. The number of rotatable bonds is 4. The normalized spacial score (nSPS) is 20.0. The first-order valence-corrected chi connectivity index (χ1v) is 9.36. The van der Waals surface area contributed by atoms with Gasteiger partial charge in [-0.2, -0.15) is 0 Å². The lowest BCUT2D eigenvalue weighted by Gasteiger charge is -2.36. The number of hydrogen-bond donors (Lipinski definition) is 2. The summed E-state index contributed by atoms with van der Waals surface area (Å²) in [5, 5.41) is 14.1. The number of aryl methyl sites for hydroxylation is 2. The van der Waals surface area contributed by atoms with Crippen molar-refractivity contribution in [1.29, 1.82) is 0 Å². The SMILES string of the molecule is Cc1nc(C)c(CC(=O)N2CCC(NC(=O)c3ccccn3)C(O)C2)s1. The second-order valence-electron chi connectivity index (χ2n) is 6.41. The molecule has 1 aliphatic rings. The van der Waals surface area contributed by atoms with Crippen LogP contribution in [0.2, 0.25) is 0 Å². The van der Waals surface area contributed by atoms with Crippen LogP contribution in [-0.4, -0.2) is 57.0 Å². The standard InChI is InChI=1S/C18H22N4O3S/c1-11-16(26-12(2)20-11)9-17(24)22-8-6-13(15(23)10-22)21-18(25)14-5-3-4-7-19-14/h3-5,7,13,15,23H,6,8-10H2,1-2H3,(H,21,25). The van der Waals surface area contributed by atoms with Crippen molar-refractivity contribution in [2.24, 2.45) is 0 Å². The second-order valence-corrected chi connectivity index (χ2v) is 7.70. The molecule has 1 aliphatic heterocycles. The smallest absolute Gasteiger partial charge is 0.270 e. The lowest BCUT2D eigenvalue weighted by atomic mass is 10.0. The minimum atomic E-state index is -0.801. The number of carbonyl (C=O) groups is 2. The Labute approximate surface area is 156 Å². The number of nitrogens with one attached hydrogen (secondary N) is 1. The highest BCUT2D eigenvalue weighted by atomic mass is 32.1. The van der Waals surface area contributed by atoms with E-state index < -0.39 is 6.10 Å². The molecule has 2 unspecified atom stereocenters. The lowest BCUT2D eigenvalue weighted by molar-refractivity contribution is -0.134. The highest BCUT2D eigenvalue weighted by molar-refractivity contribution is 7.11. The average Bonchev–Trinajstić information content (AvgIpc) is 2.94. The summed E-state index contributed by atoms with van der Waals surface area (Å²) in [5.74, 6) is -0.338. The fourth-order valence-electron chi connectivity index (χ4n) is 3.05. The summed E-state index contributed by atoms with van der Waals surface area (Å²) in [6, 6.07) is 4.71. The maximum Gasteiger partial charge on any atom is 0.270 e. The van der Waals surface area contributed by atoms with E-state index in [1.165, 1.54) is 11.3 Å². The topological polar surface area (TPSA) is 95.4 Å². The Morgan fingerprint density at radius 1 is 1.38 bits per heavy atom. The van der Waals surface area contributed by atoms with Crippen molar-refractivity contribution in [3.05, 3.63) is 45.7 Å². The number of likely N-dealkylation sites (tertiary alicyclic amines) is 1. The van der Waals surface area contributed by atoms with Gasteiger partial charge in [0, 0.05) is 24.2 Å². The highest BCUT2D eigenvalue weighted by Gasteiger charge is 2.31. The van der Waals surface area contributed by atoms with Crippen LogP contribution >= 0.6 is 11.3 Å². The van der Waals surface area contributed by atoms with Crippen molar-refractivity contribution in [2.75, 3.05) is 13.1 Å². The van der Waals surface area contributed by atoms with Crippen LogP contribution in [0.5, 0.6) is 0 Å². The van der Waals surface area contributed by atoms with Crippen molar-refractivity contribution in [1.82, 2.24) is 20.2 Å². The minimum absolute atomic E-state index is 0.0229. The Morgan fingerprint density at radius 3 is 2.81 bits per heavy atom. The molecule has 2 aromatic heterocycles. The summed E-state index contributed by atoms with van der Waals surface area (Å²) in [7, 11) is 0. The van der Waals surface area contributed by atoms with Gasteiger partial charge in [0.25, 0.3) is 5.91 Å². The third-order valence-electron chi connectivity index (χ3n) is 4.46. The summed E-state index contributed by atoms with van der Waals surface area (Å²) in [6.45, 7) is 4.54. The van der Waals surface area contributed by atoms with Crippen LogP contribution in [0, 0.1) is 13.8 Å². The van der Waals surface area contributed by atoms with Gasteiger partial charge < -0.3 is 15.3 Å². The molecular weight excluding hydrogens is 352 g/mol. The molecule has 2 aromatic rings. The highest BCUT2D eigenvalue weighted by Crippen LogP contribution is 2.20. The number of nitrogens with zero attached hydrogens (tertiary/aromatic N) is 3. The number of pyridine rings is 1. The van der Waals surface area contributed by atoms with Gasteiger partial charge in [-0.15, -0.1) is 11.3 Å². The van der Waals surface area contributed by atoms with Gasteiger partial charge in [0.05, 0.1) is 29.3 Å². The molecule has 0 bridgehead atoms. The molecule has 0 spiro atoms. The average molecular weight is 374 g/mol. The van der Waals surface area contributed by atoms with Gasteiger partial charge in [0.2, 0.25) is 5.91 Å². The van der Waals surface area contributed by atoms with E-state index in [0.29, 0.717) is 25.1 Å². The number of piperidine rings is 1. The number of aliphatic hydroxyl groups excluding tert-OH is 1. The number of thiazole rings is 1. The van der Waals surface area contributed by atoms with Gasteiger partial charge in [-0.1, -0.05) is 6.07 Å². The van der Waals surface area contributed by atoms with Crippen LogP contribution in [0.4, 0.5) is 0 Å². The molecule has 0 radical (unpaired) electrons. The van der Waals surface area contributed by atoms with Crippen LogP contribution < -0.4 is 5.32 Å². The summed E-state index contributed by atoms with van der Waals surface area (Å²) in [6.07, 6.45) is 1.56. The van der Waals surface area contributed by atoms with Gasteiger partial charge in [0.15, 0.2) is 0 Å². The molecule has 1 fully saturated rings. The zero-order valence-corrected chi connectivity index (χ0v) is 15.6. The van der Waals surface area contributed by atoms with E-state index in [-0.39, 0.29) is 24.4 Å². The monoisotopic (exact) mass is 374 g/mol. The minimum Gasteiger partial charge on any atom is -0.389 e. The molecule has 0 aromatic carbocycles. The summed E-state index contributed by atoms with van der Waals surface area (Å²) < 4.78 is 0. The zero-order valence-electron chi connectivity index (χ0n) is 14.8. The van der Waals surface area contributed by atoms with Crippen molar-refractivity contribution >= 4 is 23.2 Å². The molecule has 1 saturated heterocycles. The molecule has 0 saturated carbocycles. The van der Waals surface area contributed by atoms with Gasteiger partial charge in [-0.05, 0) is 32.4 Å². The van der Waals surface area contributed by atoms with E-state index in [4.69, 9.17) is 0 Å². The molecule has 138 valence electrons. The van der Waals surface area contributed by atoms with Crippen molar-refractivity contribution in [2.45, 2.75) is 38.8 Å². The van der Waals surface area contributed by atoms with Crippen LogP contribution in [0.1, 0.15) is 32.5 Å². The molecule has 3 heterocycles. The fourth-order valence-corrected chi connectivity index (χ4v) is 3.98. The predicted molar refractivity (Wildman–Crippen MR) is 98.0 cm³/mol. The molecule has 0 aliphatic carbocycles. The van der Waals surface area contributed by atoms with Gasteiger partial charge in [-0.3, -0.25) is 14.6 Å². The second kappa shape index (κ2) is 7.92. The summed E-state index contributed by atoms with van der Waals surface area (Å²) in [5.41, 5.74) is 1.20. The molecule has 2 atom stereocenters. The molecule has 26 heavy (non-hydrogen) atoms. The number of aromatic nitrogens is 2. The maximum atomic E-state index is 12.5. The molecule has 7 nitrogen and oxygen atoms in total. The first-order valence-electron chi connectivity index (χ1n) is 8.54. The Morgan fingerprint density at radius 2 is 2.19 bits per heavy atom. The zero-order chi connectivity index (χ0) is 18.7. The van der Waals surface area contributed by atoms with E-state index in [2.05, 4.69) is 15.3 Å². The van der Waals surface area contributed by atoms with Crippen molar-refractivity contribution in [3.8, 4) is 0 Å². The molecular formula is C18H22N4O3S. The van der Waals surface area contributed by atoms with E-state index >= 15 is 0 Å². The van der Waals surface area contributed by atoms with E-state index in [1.807, 2.05) is 13.8 Å². The fraction of sp³-hybridized carbons (Fsp3) is 0.444. The van der Waals surface area contributed by atoms with E-state index in [1.54, 1.807) is 29.3 Å². The number of hydrogen-bond acceptors (Lipinski definition) is 6. The Kier molecular flexibility index (Phi) is 5.63. The van der Waals surface area contributed by atoms with Crippen LogP contribution in [-0.2, 0) is 11.2 Å². The predicted octanol–water partition coefficient (Wildman–Crippen LogP) is 1.09. The Bertz CT molecular complexity index is 793. The van der Waals surface area contributed by atoms with Gasteiger partial charge in [0.1, 0.15) is 5.69 Å². The third-order valence-corrected chi connectivity index (χ3v) is 5.53. The largest absolute Gasteiger partial charge is 0.389 e. The van der Waals surface area contributed by atoms with Crippen LogP contribution in [0.25, 0.3) is 0 Å². The first kappa shape index (κ1) is 18.5. The summed E-state index contributed by atoms with van der Waals surface area (Å²) >= 11 is 1.53. The van der Waals surface area contributed by atoms with Crippen molar-refractivity contribution < 1.29 is 14.7 Å². The van der Waals surface area contributed by atoms with E-state index in [0.717, 1.165) is 15.6 Å². The van der Waals surface area contributed by atoms with Gasteiger partial charge in [-0.25, -0.2) is 4.98 Å². The Hall–Kier alpha value is -2.32. The molecule has 2 N–H and O–H groups in total. The van der Waals surface area contributed by atoms with Gasteiger partial charge >= 0.3 is 0 Å². The number of carbonyl (C=O) groups excluding carboxylic acids is 2. The number of β-amino-alcohol motifs (C(OH)–C–C–N with tert-alkyl or cyclic N) is 1. The summed E-state index contributed by atoms with van der Waals surface area (Å²) in [4.78, 5) is 35.7. The molecule has 2 amide bonds. The van der Waals surface area contributed by atoms with Crippen LogP contribution in [0.3, 0.4) is 0 Å². The first-order chi connectivity index (χ1) is 12.4.